The Morgan fingerprint density at radius 3 is 1.40 bits per heavy atom. The van der Waals surface area contributed by atoms with Gasteiger partial charge in [-0.15, -0.1) is 0 Å². The number of rotatable bonds is 33. The number of allylic oxidation sites excluding steroid dienone is 5. The second-order valence-electron chi connectivity index (χ2n) is 12.8. The van der Waals surface area contributed by atoms with Crippen LogP contribution < -0.4 is 5.32 Å². The van der Waals surface area contributed by atoms with E-state index in [-0.39, 0.29) is 12.3 Å². The highest BCUT2D eigenvalue weighted by molar-refractivity contribution is 7.85. The third-order valence-electron chi connectivity index (χ3n) is 8.30. The molecule has 2 atom stereocenters. The molecule has 0 radical (unpaired) electrons. The predicted molar refractivity (Wildman–Crippen MR) is 193 cm³/mol. The number of carbonyl (C=O) groups is 1. The van der Waals surface area contributed by atoms with Gasteiger partial charge in [0.05, 0.1) is 17.9 Å². The molecule has 6 nitrogen and oxygen atoms in total. The van der Waals surface area contributed by atoms with E-state index in [0.717, 1.165) is 44.9 Å². The summed E-state index contributed by atoms with van der Waals surface area (Å²) in [5, 5.41) is 13.1. The van der Waals surface area contributed by atoms with Crippen molar-refractivity contribution in [1.82, 2.24) is 5.32 Å². The van der Waals surface area contributed by atoms with E-state index in [4.69, 9.17) is 0 Å². The van der Waals surface area contributed by atoms with Gasteiger partial charge in [-0.1, -0.05) is 166 Å². The molecule has 7 heteroatoms. The molecule has 0 aromatic carbocycles. The Balaban J connectivity index is 4.00. The fourth-order valence-corrected chi connectivity index (χ4v) is 6.21. The van der Waals surface area contributed by atoms with Crippen LogP contribution in [-0.2, 0) is 14.9 Å². The average molecular weight is 654 g/mol. The zero-order valence-electron chi connectivity index (χ0n) is 29.2. The van der Waals surface area contributed by atoms with Gasteiger partial charge in [-0.05, 0) is 44.9 Å². The van der Waals surface area contributed by atoms with Gasteiger partial charge in [0.15, 0.2) is 0 Å². The van der Waals surface area contributed by atoms with Crippen LogP contribution in [0.2, 0.25) is 0 Å². The summed E-state index contributed by atoms with van der Waals surface area (Å²) in [6, 6.07) is -1.07. The third-order valence-corrected chi connectivity index (χ3v) is 9.08. The number of carbonyl (C=O) groups excluding carboxylic acids is 1. The number of aliphatic hydroxyl groups excluding tert-OH is 1. The van der Waals surface area contributed by atoms with Crippen molar-refractivity contribution in [1.29, 1.82) is 0 Å². The largest absolute Gasteiger partial charge is 0.387 e. The minimum Gasteiger partial charge on any atom is -0.387 e. The highest BCUT2D eigenvalue weighted by Crippen LogP contribution is 2.14. The van der Waals surface area contributed by atoms with Crippen molar-refractivity contribution in [3.63, 3.8) is 0 Å². The summed E-state index contributed by atoms with van der Waals surface area (Å²) in [5.74, 6) is -1.01. The fourth-order valence-electron chi connectivity index (χ4n) is 5.48. The first kappa shape index (κ1) is 43.6. The maximum Gasteiger partial charge on any atom is 0.267 e. The molecule has 0 saturated heterocycles. The molecule has 1 amide bonds. The number of unbranched alkanes of at least 4 members (excludes halogenated alkanes) is 21. The zero-order valence-corrected chi connectivity index (χ0v) is 30.1. The predicted octanol–water partition coefficient (Wildman–Crippen LogP) is 10.6. The van der Waals surface area contributed by atoms with Gasteiger partial charge >= 0.3 is 0 Å². The van der Waals surface area contributed by atoms with E-state index in [2.05, 4.69) is 43.5 Å². The molecule has 2 unspecified atom stereocenters. The van der Waals surface area contributed by atoms with Crippen molar-refractivity contribution >= 4 is 16.0 Å². The van der Waals surface area contributed by atoms with Crippen molar-refractivity contribution in [2.75, 3.05) is 5.75 Å². The van der Waals surface area contributed by atoms with E-state index in [1.807, 2.05) is 0 Å². The van der Waals surface area contributed by atoms with E-state index in [1.54, 1.807) is 6.08 Å². The molecule has 0 bridgehead atoms. The molecular formula is C38H71NO5S. The molecule has 0 aliphatic rings. The number of aliphatic hydroxyl groups is 1. The first-order chi connectivity index (χ1) is 21.8. The van der Waals surface area contributed by atoms with E-state index in [0.29, 0.717) is 6.42 Å². The van der Waals surface area contributed by atoms with E-state index in [9.17, 15) is 22.9 Å². The Hall–Kier alpha value is -1.44. The van der Waals surface area contributed by atoms with Crippen molar-refractivity contribution in [2.24, 2.45) is 0 Å². The van der Waals surface area contributed by atoms with Crippen LogP contribution in [0.5, 0.6) is 0 Å². The quantitative estimate of drug-likeness (QED) is 0.0371. The SMILES string of the molecule is CCCCC/C=C/CC/C=C/CC/C=C/C(O)C(CS(=O)(=O)O)NC(=O)CCCCCCCCCCCCCCCCCCC. The summed E-state index contributed by atoms with van der Waals surface area (Å²) in [6.07, 6.45) is 41.3. The van der Waals surface area contributed by atoms with Gasteiger partial charge in [0.1, 0.15) is 0 Å². The molecule has 3 N–H and O–H groups in total. The van der Waals surface area contributed by atoms with Gasteiger partial charge in [-0.3, -0.25) is 9.35 Å². The first-order valence-electron chi connectivity index (χ1n) is 18.7. The molecule has 45 heavy (non-hydrogen) atoms. The van der Waals surface area contributed by atoms with Crippen molar-refractivity contribution in [3.8, 4) is 0 Å². The van der Waals surface area contributed by atoms with E-state index >= 15 is 0 Å². The molecule has 0 rings (SSSR count). The summed E-state index contributed by atoms with van der Waals surface area (Å²) < 4.78 is 32.3. The van der Waals surface area contributed by atoms with Gasteiger partial charge in [-0.25, -0.2) is 0 Å². The molecule has 264 valence electrons. The van der Waals surface area contributed by atoms with E-state index in [1.165, 1.54) is 115 Å². The van der Waals surface area contributed by atoms with Gasteiger partial charge in [0.2, 0.25) is 5.91 Å². The van der Waals surface area contributed by atoms with Crippen LogP contribution in [0, 0.1) is 0 Å². The standard InChI is InChI=1S/C38H71NO5S/c1-3-5-7-9-11-13-15-17-18-19-20-22-24-26-28-30-32-34-38(41)39-36(35-45(42,43)44)37(40)33-31-29-27-25-23-21-16-14-12-10-8-6-4-2/h12,14,23,25,31,33,36-37,40H,3-11,13,15-22,24,26-30,32,34-35H2,1-2H3,(H,39,41)(H,42,43,44)/b14-12+,25-23+,33-31+. The molecule has 0 aromatic heterocycles. The lowest BCUT2D eigenvalue weighted by atomic mass is 10.0. The van der Waals surface area contributed by atoms with Gasteiger partial charge < -0.3 is 10.4 Å². The minimum atomic E-state index is -4.35. The number of amides is 1. The summed E-state index contributed by atoms with van der Waals surface area (Å²) in [7, 11) is -4.35. The second kappa shape index (κ2) is 32.5. The molecular weight excluding hydrogens is 582 g/mol. The van der Waals surface area contributed by atoms with Crippen LogP contribution in [0.25, 0.3) is 0 Å². The molecule has 0 saturated carbocycles. The van der Waals surface area contributed by atoms with Crippen LogP contribution in [0.4, 0.5) is 0 Å². The van der Waals surface area contributed by atoms with Crippen LogP contribution in [0.3, 0.4) is 0 Å². The molecule has 0 heterocycles. The number of hydrogen-bond acceptors (Lipinski definition) is 4. The summed E-state index contributed by atoms with van der Waals surface area (Å²) in [4.78, 5) is 12.5. The first-order valence-corrected chi connectivity index (χ1v) is 20.3. The Bertz CT molecular complexity index is 852. The lowest BCUT2D eigenvalue weighted by Gasteiger charge is -2.21. The lowest BCUT2D eigenvalue weighted by Crippen LogP contribution is -2.46. The maximum absolute atomic E-state index is 12.5. The third kappa shape index (κ3) is 33.7. The van der Waals surface area contributed by atoms with Crippen molar-refractivity contribution in [3.05, 3.63) is 36.5 Å². The van der Waals surface area contributed by atoms with Crippen LogP contribution in [-0.4, -0.2) is 41.9 Å². The average Bonchev–Trinajstić information content (AvgIpc) is 3.00. The van der Waals surface area contributed by atoms with Crippen molar-refractivity contribution < 1.29 is 22.9 Å². The van der Waals surface area contributed by atoms with Gasteiger partial charge in [-0.2, -0.15) is 8.42 Å². The smallest absolute Gasteiger partial charge is 0.267 e. The fraction of sp³-hybridized carbons (Fsp3) is 0.816. The molecule has 0 spiro atoms. The monoisotopic (exact) mass is 654 g/mol. The Morgan fingerprint density at radius 1 is 0.578 bits per heavy atom. The van der Waals surface area contributed by atoms with E-state index < -0.39 is 28.0 Å². The molecule has 0 aliphatic heterocycles. The minimum absolute atomic E-state index is 0.287. The highest BCUT2D eigenvalue weighted by atomic mass is 32.2. The van der Waals surface area contributed by atoms with Crippen LogP contribution in [0.1, 0.15) is 181 Å². The number of nitrogens with one attached hydrogen (secondary N) is 1. The van der Waals surface area contributed by atoms with Crippen LogP contribution in [0.15, 0.2) is 36.5 Å². The molecule has 0 fully saturated rings. The number of hydrogen-bond donors (Lipinski definition) is 3. The maximum atomic E-state index is 12.5. The lowest BCUT2D eigenvalue weighted by molar-refractivity contribution is -0.122. The molecule has 0 aromatic rings. The Kier molecular flexibility index (Phi) is 31.5. The molecule has 0 aliphatic carbocycles. The Labute approximate surface area is 278 Å². The van der Waals surface area contributed by atoms with Crippen LogP contribution >= 0.6 is 0 Å². The zero-order chi connectivity index (χ0) is 33.3. The van der Waals surface area contributed by atoms with Crippen molar-refractivity contribution in [2.45, 2.75) is 193 Å². The topological polar surface area (TPSA) is 104 Å². The summed E-state index contributed by atoms with van der Waals surface area (Å²) in [6.45, 7) is 4.48. The Morgan fingerprint density at radius 2 is 0.956 bits per heavy atom. The summed E-state index contributed by atoms with van der Waals surface area (Å²) in [5.41, 5.74) is 0. The summed E-state index contributed by atoms with van der Waals surface area (Å²) >= 11 is 0. The second-order valence-corrected chi connectivity index (χ2v) is 14.3. The van der Waals surface area contributed by atoms with Gasteiger partial charge in [0.25, 0.3) is 10.1 Å². The van der Waals surface area contributed by atoms with Gasteiger partial charge in [0, 0.05) is 6.42 Å². The highest BCUT2D eigenvalue weighted by Gasteiger charge is 2.24. The normalized spacial score (nSPS) is 13.8.